The number of phenolic OH excluding ortho intramolecular Hbond substituents is 1. The summed E-state index contributed by atoms with van der Waals surface area (Å²) in [5.74, 6) is 0.397. The lowest BCUT2D eigenvalue weighted by Crippen LogP contribution is -2.12. The van der Waals surface area contributed by atoms with Gasteiger partial charge in [-0.2, -0.15) is 0 Å². The number of unbranched alkanes of at least 4 members (excludes halogenated alkanes) is 4. The van der Waals surface area contributed by atoms with Gasteiger partial charge in [-0.15, -0.1) is 0 Å². The molecule has 0 saturated heterocycles. The van der Waals surface area contributed by atoms with Gasteiger partial charge in [0.15, 0.2) is 0 Å². The predicted molar refractivity (Wildman–Crippen MR) is 111 cm³/mol. The lowest BCUT2D eigenvalue weighted by Gasteiger charge is -2.17. The summed E-state index contributed by atoms with van der Waals surface area (Å²) in [7, 11) is 0. The first-order chi connectivity index (χ1) is 12.8. The average Bonchev–Trinajstić information content (AvgIpc) is 3.33. The van der Waals surface area contributed by atoms with Gasteiger partial charge in [-0.1, -0.05) is 46.1 Å². The maximum absolute atomic E-state index is 10.5. The molecule has 152 valence electrons. The maximum Gasteiger partial charge on any atom is 0.293 e. The van der Waals surface area contributed by atoms with Crippen molar-refractivity contribution in [2.75, 3.05) is 0 Å². The Bertz CT molecular complexity index is 582. The first-order valence-electron chi connectivity index (χ1n) is 10.8. The van der Waals surface area contributed by atoms with Crippen LogP contribution in [-0.4, -0.2) is 17.2 Å². The van der Waals surface area contributed by atoms with E-state index in [9.17, 15) is 9.90 Å². The number of aryl methyl sites for hydroxylation is 2. The van der Waals surface area contributed by atoms with Crippen LogP contribution in [0.5, 0.6) is 5.75 Å². The monoisotopic (exact) mass is 374 g/mol. The molecule has 27 heavy (non-hydrogen) atoms. The minimum absolute atomic E-state index is 0.118. The first-order valence-corrected chi connectivity index (χ1v) is 10.8. The van der Waals surface area contributed by atoms with Gasteiger partial charge >= 0.3 is 0 Å². The fourth-order valence-electron chi connectivity index (χ4n) is 3.81. The van der Waals surface area contributed by atoms with Crippen LogP contribution < -0.4 is 0 Å². The summed E-state index contributed by atoms with van der Waals surface area (Å²) >= 11 is 0. The highest BCUT2D eigenvalue weighted by atomic mass is 16.5. The van der Waals surface area contributed by atoms with Crippen LogP contribution in [0.4, 0.5) is 0 Å². The second kappa shape index (κ2) is 10.1. The second-order valence-corrected chi connectivity index (χ2v) is 9.59. The number of carbonyl (C=O) groups excluding carboxylic acids is 1. The van der Waals surface area contributed by atoms with E-state index >= 15 is 0 Å². The molecule has 0 radical (unpaired) electrons. The van der Waals surface area contributed by atoms with Crippen molar-refractivity contribution in [1.82, 2.24) is 0 Å². The maximum atomic E-state index is 10.5. The molecular formula is C24H38O3. The molecular weight excluding hydrogens is 336 g/mol. The van der Waals surface area contributed by atoms with E-state index in [-0.39, 0.29) is 5.60 Å². The van der Waals surface area contributed by atoms with E-state index in [1.807, 2.05) is 12.1 Å². The molecule has 0 aromatic heterocycles. The summed E-state index contributed by atoms with van der Waals surface area (Å²) in [6, 6.07) is 6.09. The molecule has 1 N–H and O–H groups in total. The van der Waals surface area contributed by atoms with Gasteiger partial charge in [0.25, 0.3) is 6.47 Å². The van der Waals surface area contributed by atoms with Crippen LogP contribution in [0.15, 0.2) is 18.2 Å². The second-order valence-electron chi connectivity index (χ2n) is 9.59. The Labute approximate surface area is 165 Å². The summed E-state index contributed by atoms with van der Waals surface area (Å²) in [4.78, 5) is 10.5. The quantitative estimate of drug-likeness (QED) is 0.323. The van der Waals surface area contributed by atoms with Gasteiger partial charge in [0.05, 0.1) is 0 Å². The lowest BCUT2D eigenvalue weighted by atomic mass is 9.89. The highest BCUT2D eigenvalue weighted by Crippen LogP contribution is 2.43. The fourth-order valence-corrected chi connectivity index (χ4v) is 3.81. The summed E-state index contributed by atoms with van der Waals surface area (Å²) in [5, 5.41) is 10.0. The summed E-state index contributed by atoms with van der Waals surface area (Å²) in [5.41, 5.74) is 2.81. The van der Waals surface area contributed by atoms with Gasteiger partial charge in [0.2, 0.25) is 0 Å². The van der Waals surface area contributed by atoms with Crippen LogP contribution in [0, 0.1) is 5.41 Å². The van der Waals surface area contributed by atoms with Crippen molar-refractivity contribution in [3.05, 3.63) is 29.3 Å². The number of aromatic hydroxyl groups is 1. The number of hydrogen-bond acceptors (Lipinski definition) is 3. The molecule has 0 heterocycles. The third-order valence-electron chi connectivity index (χ3n) is 5.63. The molecule has 1 saturated carbocycles. The molecule has 3 heteroatoms. The third kappa shape index (κ3) is 8.81. The molecule has 0 spiro atoms. The van der Waals surface area contributed by atoms with E-state index < -0.39 is 0 Å². The van der Waals surface area contributed by atoms with Crippen molar-refractivity contribution in [2.45, 2.75) is 103 Å². The number of rotatable bonds is 13. The van der Waals surface area contributed by atoms with E-state index in [0.29, 0.717) is 17.6 Å². The lowest BCUT2D eigenvalue weighted by molar-refractivity contribution is -0.135. The van der Waals surface area contributed by atoms with Crippen molar-refractivity contribution >= 4 is 6.47 Å². The molecule has 1 aliphatic carbocycles. The zero-order chi connectivity index (χ0) is 19.8. The van der Waals surface area contributed by atoms with Crippen LogP contribution in [0.25, 0.3) is 0 Å². The van der Waals surface area contributed by atoms with Crippen molar-refractivity contribution in [2.24, 2.45) is 5.41 Å². The van der Waals surface area contributed by atoms with Crippen LogP contribution in [-0.2, 0) is 22.4 Å². The zero-order valence-electron chi connectivity index (χ0n) is 17.6. The zero-order valence-corrected chi connectivity index (χ0v) is 17.6. The van der Waals surface area contributed by atoms with Crippen molar-refractivity contribution in [1.29, 1.82) is 0 Å². The number of ether oxygens (including phenoxy) is 1. The topological polar surface area (TPSA) is 46.5 Å². The molecule has 1 aromatic carbocycles. The van der Waals surface area contributed by atoms with Crippen LogP contribution in [0.3, 0.4) is 0 Å². The van der Waals surface area contributed by atoms with E-state index in [4.69, 9.17) is 4.74 Å². The van der Waals surface area contributed by atoms with Crippen LogP contribution in [0.1, 0.15) is 96.1 Å². The molecule has 2 rings (SSSR count). The summed E-state index contributed by atoms with van der Waals surface area (Å²) in [6.07, 6.45) is 13.5. The number of phenols is 1. The standard InChI is InChI=1S/C24H38O3/c1-23(2,3)12-8-4-6-10-20-16-21(18-22(26)17-20)11-7-5-9-13-24(14-15-24)27-19-25/h16-19,26H,4-15H2,1-3H3. The molecule has 0 aliphatic heterocycles. The first kappa shape index (κ1) is 21.8. The Morgan fingerprint density at radius 3 is 2.07 bits per heavy atom. The minimum atomic E-state index is -0.118. The number of benzene rings is 1. The Balaban J connectivity index is 1.65. The molecule has 1 fully saturated rings. The van der Waals surface area contributed by atoms with Crippen molar-refractivity contribution in [3.8, 4) is 5.75 Å². The fraction of sp³-hybridized carbons (Fsp3) is 0.708. The van der Waals surface area contributed by atoms with E-state index in [2.05, 4.69) is 26.8 Å². The van der Waals surface area contributed by atoms with Crippen molar-refractivity contribution in [3.63, 3.8) is 0 Å². The van der Waals surface area contributed by atoms with Crippen LogP contribution >= 0.6 is 0 Å². The summed E-state index contributed by atoms with van der Waals surface area (Å²) in [6.45, 7) is 7.50. The molecule has 1 aromatic rings. The number of hydrogen-bond donors (Lipinski definition) is 1. The number of carbonyl (C=O) groups is 1. The van der Waals surface area contributed by atoms with Gasteiger partial charge < -0.3 is 9.84 Å². The highest BCUT2D eigenvalue weighted by molar-refractivity contribution is 5.39. The van der Waals surface area contributed by atoms with Gasteiger partial charge in [0.1, 0.15) is 11.4 Å². The summed E-state index contributed by atoms with van der Waals surface area (Å²) < 4.78 is 5.20. The van der Waals surface area contributed by atoms with Gasteiger partial charge in [-0.25, -0.2) is 0 Å². The third-order valence-corrected chi connectivity index (χ3v) is 5.63. The molecule has 0 unspecified atom stereocenters. The predicted octanol–water partition coefficient (Wildman–Crippen LogP) is 6.35. The molecule has 0 atom stereocenters. The smallest absolute Gasteiger partial charge is 0.293 e. The average molecular weight is 375 g/mol. The van der Waals surface area contributed by atoms with E-state index in [1.54, 1.807) is 0 Å². The van der Waals surface area contributed by atoms with Crippen LogP contribution in [0.2, 0.25) is 0 Å². The van der Waals surface area contributed by atoms with Gasteiger partial charge in [-0.3, -0.25) is 4.79 Å². The Kier molecular flexibility index (Phi) is 8.19. The van der Waals surface area contributed by atoms with E-state index in [0.717, 1.165) is 51.4 Å². The SMILES string of the molecule is CC(C)(C)CCCCCc1cc(O)cc(CCCCCC2(OC=O)CC2)c1. The minimum Gasteiger partial charge on any atom is -0.508 e. The van der Waals surface area contributed by atoms with Gasteiger partial charge in [0, 0.05) is 0 Å². The largest absolute Gasteiger partial charge is 0.508 e. The highest BCUT2D eigenvalue weighted by Gasteiger charge is 2.44. The van der Waals surface area contributed by atoms with E-state index in [1.165, 1.54) is 36.8 Å². The Morgan fingerprint density at radius 1 is 0.963 bits per heavy atom. The Morgan fingerprint density at radius 2 is 1.56 bits per heavy atom. The molecule has 0 bridgehead atoms. The van der Waals surface area contributed by atoms with Gasteiger partial charge in [-0.05, 0) is 86.5 Å². The normalized spacial score (nSPS) is 15.5. The van der Waals surface area contributed by atoms with Crippen molar-refractivity contribution < 1.29 is 14.6 Å². The Hall–Kier alpha value is -1.51. The molecule has 3 nitrogen and oxygen atoms in total. The molecule has 1 aliphatic rings. The molecule has 0 amide bonds.